The van der Waals surface area contributed by atoms with E-state index in [-0.39, 0.29) is 31.4 Å². The highest BCUT2D eigenvalue weighted by Gasteiger charge is 2.40. The Morgan fingerprint density at radius 1 is 1.21 bits per heavy atom. The van der Waals surface area contributed by atoms with Crippen LogP contribution in [0.15, 0.2) is 58.8 Å². The Morgan fingerprint density at radius 2 is 2.08 bits per heavy atom. The predicted octanol–water partition coefficient (Wildman–Crippen LogP) is 2.14. The first-order valence-corrected chi connectivity index (χ1v) is 12.3. The number of nitrogens with zero attached hydrogens (tertiary/aromatic N) is 4. The monoisotopic (exact) mass is 516 g/mol. The van der Waals surface area contributed by atoms with Crippen LogP contribution in [-0.4, -0.2) is 65.5 Å². The first-order valence-electron chi connectivity index (χ1n) is 12.3. The van der Waals surface area contributed by atoms with Gasteiger partial charge in [-0.2, -0.15) is 5.10 Å². The fraction of sp³-hybridized carbons (Fsp3) is 0.296. The third-order valence-corrected chi connectivity index (χ3v) is 6.73. The number of nitrogens with one attached hydrogen (secondary N) is 1. The Morgan fingerprint density at radius 3 is 2.87 bits per heavy atom. The van der Waals surface area contributed by atoms with Crippen molar-refractivity contribution in [1.29, 1.82) is 0 Å². The molecule has 1 saturated heterocycles. The zero-order chi connectivity index (χ0) is 26.6. The molecule has 1 aromatic heterocycles. The summed E-state index contributed by atoms with van der Waals surface area (Å²) < 4.78 is 13.3. The van der Waals surface area contributed by atoms with Crippen molar-refractivity contribution in [3.05, 3.63) is 59.8 Å². The first kappa shape index (κ1) is 25.2. The summed E-state index contributed by atoms with van der Waals surface area (Å²) in [5.74, 6) is 5.05. The molecular weight excluding hydrogens is 488 g/mol. The van der Waals surface area contributed by atoms with Gasteiger partial charge in [-0.1, -0.05) is 6.07 Å². The zero-order valence-corrected chi connectivity index (χ0v) is 20.9. The second-order valence-electron chi connectivity index (χ2n) is 9.09. The number of piperidine rings is 1. The van der Waals surface area contributed by atoms with E-state index in [1.54, 1.807) is 31.5 Å². The van der Waals surface area contributed by atoms with E-state index < -0.39 is 11.9 Å². The summed E-state index contributed by atoms with van der Waals surface area (Å²) in [6.07, 6.45) is 4.06. The first-order chi connectivity index (χ1) is 18.5. The Kier molecular flexibility index (Phi) is 7.18. The normalized spacial score (nSPS) is 17.9. The van der Waals surface area contributed by atoms with Crippen molar-refractivity contribution in [3.8, 4) is 5.75 Å². The SMILES string of the molecule is COCCn1ccc2cc(N=CC(COc3cccc4c3CN(C3CCC(=O)NC3=O)C4=O)=NN)ccc21. The van der Waals surface area contributed by atoms with Gasteiger partial charge in [-0.15, -0.1) is 0 Å². The maximum absolute atomic E-state index is 13.0. The maximum Gasteiger partial charge on any atom is 0.255 e. The molecule has 1 fully saturated rings. The van der Waals surface area contributed by atoms with Crippen molar-refractivity contribution < 1.29 is 23.9 Å². The minimum Gasteiger partial charge on any atom is -0.487 e. The highest BCUT2D eigenvalue weighted by molar-refractivity contribution is 6.31. The molecule has 3 heterocycles. The molecule has 5 rings (SSSR count). The average Bonchev–Trinajstić information content (AvgIpc) is 3.48. The predicted molar refractivity (Wildman–Crippen MR) is 142 cm³/mol. The van der Waals surface area contributed by atoms with E-state index in [0.717, 1.165) is 23.1 Å². The van der Waals surface area contributed by atoms with Crippen LogP contribution in [0.25, 0.3) is 10.9 Å². The van der Waals surface area contributed by atoms with Gasteiger partial charge in [0.25, 0.3) is 5.91 Å². The molecule has 3 N–H and O–H groups in total. The lowest BCUT2D eigenvalue weighted by molar-refractivity contribution is -0.136. The molecule has 11 heteroatoms. The number of rotatable bonds is 9. The van der Waals surface area contributed by atoms with Crippen LogP contribution in [0.1, 0.15) is 28.8 Å². The molecular formula is C27H28N6O5. The standard InChI is InChI=1S/C27H28N6O5/c1-37-12-11-32-10-9-17-13-18(5-6-22(17)32)29-14-19(31-28)16-38-24-4-2-3-20-21(24)15-33(27(20)36)23-7-8-25(34)30-26(23)35/h2-6,9-10,13-14,23H,7-8,11-12,15-16,28H2,1H3,(H,30,34,35). The molecule has 1 unspecified atom stereocenters. The molecule has 2 aromatic carbocycles. The van der Waals surface area contributed by atoms with Crippen molar-refractivity contribution in [3.63, 3.8) is 0 Å². The largest absolute Gasteiger partial charge is 0.487 e. The molecule has 0 spiro atoms. The Hall–Kier alpha value is -4.51. The number of fused-ring (bicyclic) bond motifs is 2. The fourth-order valence-corrected chi connectivity index (χ4v) is 4.75. The highest BCUT2D eigenvalue weighted by Crippen LogP contribution is 2.33. The average molecular weight is 517 g/mol. The summed E-state index contributed by atoms with van der Waals surface area (Å²) in [5.41, 5.74) is 3.40. The summed E-state index contributed by atoms with van der Waals surface area (Å²) in [5, 5.41) is 7.16. The van der Waals surface area contributed by atoms with Gasteiger partial charge in [0.15, 0.2) is 0 Å². The number of benzene rings is 2. The smallest absolute Gasteiger partial charge is 0.255 e. The molecule has 2 aliphatic heterocycles. The lowest BCUT2D eigenvalue weighted by Gasteiger charge is -2.29. The van der Waals surface area contributed by atoms with Crippen molar-refractivity contribution in [2.45, 2.75) is 32.0 Å². The number of amides is 3. The molecule has 1 atom stereocenters. The number of aliphatic imine (C=N–C) groups is 1. The fourth-order valence-electron chi connectivity index (χ4n) is 4.75. The van der Waals surface area contributed by atoms with Crippen LogP contribution >= 0.6 is 0 Å². The summed E-state index contributed by atoms with van der Waals surface area (Å²) in [6.45, 7) is 1.65. The number of carbonyl (C=O) groups is 3. The van der Waals surface area contributed by atoms with Crippen LogP contribution in [0.3, 0.4) is 0 Å². The van der Waals surface area contributed by atoms with Gasteiger partial charge in [-0.3, -0.25) is 24.7 Å². The molecule has 11 nitrogen and oxygen atoms in total. The molecule has 0 bridgehead atoms. The van der Waals surface area contributed by atoms with Gasteiger partial charge < -0.3 is 24.8 Å². The van der Waals surface area contributed by atoms with Crippen molar-refractivity contribution in [2.24, 2.45) is 15.9 Å². The maximum atomic E-state index is 13.0. The second kappa shape index (κ2) is 10.9. The van der Waals surface area contributed by atoms with Crippen LogP contribution in [-0.2, 0) is 27.4 Å². The number of hydrazone groups is 1. The van der Waals surface area contributed by atoms with Gasteiger partial charge in [0, 0.05) is 48.3 Å². The van der Waals surface area contributed by atoms with Crippen molar-refractivity contribution >= 4 is 46.2 Å². The number of methoxy groups -OCH3 is 1. The van der Waals surface area contributed by atoms with Gasteiger partial charge in [0.1, 0.15) is 24.1 Å². The van der Waals surface area contributed by atoms with Crippen molar-refractivity contribution in [1.82, 2.24) is 14.8 Å². The number of aromatic nitrogens is 1. The number of hydrogen-bond donors (Lipinski definition) is 2. The van der Waals surface area contributed by atoms with E-state index in [9.17, 15) is 14.4 Å². The number of ether oxygens (including phenoxy) is 2. The van der Waals surface area contributed by atoms with E-state index >= 15 is 0 Å². The number of carbonyl (C=O) groups excluding carboxylic acids is 3. The summed E-state index contributed by atoms with van der Waals surface area (Å²) >= 11 is 0. The zero-order valence-electron chi connectivity index (χ0n) is 20.9. The lowest BCUT2D eigenvalue weighted by atomic mass is 10.0. The van der Waals surface area contributed by atoms with Gasteiger partial charge in [0.2, 0.25) is 11.8 Å². The third-order valence-electron chi connectivity index (χ3n) is 6.73. The summed E-state index contributed by atoms with van der Waals surface area (Å²) in [4.78, 5) is 42.8. The highest BCUT2D eigenvalue weighted by atomic mass is 16.5. The van der Waals surface area contributed by atoms with Crippen LogP contribution in [0.5, 0.6) is 5.75 Å². The molecule has 0 radical (unpaired) electrons. The molecule has 2 aliphatic rings. The van der Waals surface area contributed by atoms with Crippen LogP contribution in [0, 0.1) is 0 Å². The van der Waals surface area contributed by atoms with Gasteiger partial charge in [0.05, 0.1) is 25.1 Å². The summed E-state index contributed by atoms with van der Waals surface area (Å²) in [6, 6.07) is 12.4. The van der Waals surface area contributed by atoms with Gasteiger partial charge in [-0.25, -0.2) is 0 Å². The van der Waals surface area contributed by atoms with E-state index in [2.05, 4.69) is 20.0 Å². The van der Waals surface area contributed by atoms with E-state index in [1.807, 2.05) is 30.5 Å². The molecule has 0 saturated carbocycles. The van der Waals surface area contributed by atoms with Crippen molar-refractivity contribution in [2.75, 3.05) is 20.3 Å². The van der Waals surface area contributed by atoms with Gasteiger partial charge >= 0.3 is 0 Å². The molecule has 38 heavy (non-hydrogen) atoms. The van der Waals surface area contributed by atoms with E-state index in [0.29, 0.717) is 35.6 Å². The van der Waals surface area contributed by atoms with Crippen LogP contribution < -0.4 is 15.9 Å². The third kappa shape index (κ3) is 5.00. The topological polar surface area (TPSA) is 141 Å². The molecule has 3 amide bonds. The Bertz CT molecular complexity index is 1460. The Balaban J connectivity index is 1.25. The molecule has 0 aliphatic carbocycles. The quantitative estimate of drug-likeness (QED) is 0.193. The summed E-state index contributed by atoms with van der Waals surface area (Å²) in [7, 11) is 1.68. The molecule has 196 valence electrons. The van der Waals surface area contributed by atoms with E-state index in [1.165, 1.54) is 4.90 Å². The minimum atomic E-state index is -0.692. The van der Waals surface area contributed by atoms with Crippen LogP contribution in [0.4, 0.5) is 5.69 Å². The van der Waals surface area contributed by atoms with E-state index in [4.69, 9.17) is 15.3 Å². The Labute approximate surface area is 218 Å². The number of hydrogen-bond acceptors (Lipinski definition) is 8. The second-order valence-corrected chi connectivity index (χ2v) is 9.09. The minimum absolute atomic E-state index is 0.0404. The lowest BCUT2D eigenvalue weighted by Crippen LogP contribution is -2.52. The molecule has 3 aromatic rings. The van der Waals surface area contributed by atoms with Crippen LogP contribution in [0.2, 0.25) is 0 Å². The number of nitrogens with two attached hydrogens (primary N) is 1. The van der Waals surface area contributed by atoms with Gasteiger partial charge in [-0.05, 0) is 42.8 Å². The number of imide groups is 1.